The van der Waals surface area contributed by atoms with Crippen LogP contribution in [0.1, 0.15) is 72.1 Å². The molecule has 0 N–H and O–H groups in total. The molecule has 0 spiro atoms. The van der Waals surface area contributed by atoms with Crippen LogP contribution < -0.4 is 0 Å². The Bertz CT molecular complexity index is 287. The Morgan fingerprint density at radius 2 is 1.89 bits per heavy atom. The Labute approximate surface area is 111 Å². The van der Waals surface area contributed by atoms with Crippen LogP contribution >= 0.6 is 0 Å². The van der Waals surface area contributed by atoms with E-state index in [9.17, 15) is 8.78 Å². The van der Waals surface area contributed by atoms with Crippen molar-refractivity contribution in [3.63, 3.8) is 0 Å². The van der Waals surface area contributed by atoms with E-state index >= 15 is 0 Å². The highest BCUT2D eigenvalue weighted by atomic mass is 19.3. The fourth-order valence-electron chi connectivity index (χ4n) is 4.16. The summed E-state index contributed by atoms with van der Waals surface area (Å²) in [6.45, 7) is 6.87. The first-order chi connectivity index (χ1) is 8.34. The topological polar surface area (TPSA) is 0 Å². The van der Waals surface area contributed by atoms with Crippen LogP contribution in [0.15, 0.2) is 0 Å². The van der Waals surface area contributed by atoms with Gasteiger partial charge in [-0.1, -0.05) is 27.2 Å². The largest absolute Gasteiger partial charge is 0.248 e. The normalized spacial score (nSPS) is 41.2. The first-order valence-electron chi connectivity index (χ1n) is 7.71. The Hall–Kier alpha value is -0.140. The predicted octanol–water partition coefficient (Wildman–Crippen LogP) is 5.66. The molecular formula is C16H28F2. The van der Waals surface area contributed by atoms with E-state index in [1.807, 2.05) is 0 Å². The van der Waals surface area contributed by atoms with Crippen molar-refractivity contribution >= 4 is 0 Å². The molecule has 2 fully saturated rings. The van der Waals surface area contributed by atoms with Crippen molar-refractivity contribution in [1.29, 1.82) is 0 Å². The summed E-state index contributed by atoms with van der Waals surface area (Å²) in [5.41, 5.74) is 0.532. The first-order valence-corrected chi connectivity index (χ1v) is 7.71. The molecule has 0 saturated heterocycles. The Morgan fingerprint density at radius 3 is 2.39 bits per heavy atom. The summed E-state index contributed by atoms with van der Waals surface area (Å²) < 4.78 is 26.5. The van der Waals surface area contributed by atoms with Crippen molar-refractivity contribution in [1.82, 2.24) is 0 Å². The van der Waals surface area contributed by atoms with E-state index in [1.165, 1.54) is 32.1 Å². The van der Waals surface area contributed by atoms with E-state index < -0.39 is 5.92 Å². The monoisotopic (exact) mass is 258 g/mol. The fourth-order valence-corrected chi connectivity index (χ4v) is 4.16. The Kier molecular flexibility index (Phi) is 4.04. The van der Waals surface area contributed by atoms with Crippen LogP contribution in [-0.4, -0.2) is 5.92 Å². The second-order valence-corrected chi connectivity index (χ2v) is 7.34. The third kappa shape index (κ3) is 3.24. The van der Waals surface area contributed by atoms with Crippen LogP contribution in [0.5, 0.6) is 0 Å². The minimum Gasteiger partial charge on any atom is -0.207 e. The number of hydrogen-bond donors (Lipinski definition) is 0. The van der Waals surface area contributed by atoms with E-state index in [0.717, 1.165) is 12.3 Å². The van der Waals surface area contributed by atoms with Crippen molar-refractivity contribution < 1.29 is 8.78 Å². The molecule has 0 amide bonds. The van der Waals surface area contributed by atoms with Gasteiger partial charge in [-0.15, -0.1) is 0 Å². The maximum Gasteiger partial charge on any atom is 0.248 e. The van der Waals surface area contributed by atoms with Gasteiger partial charge in [-0.3, -0.25) is 0 Å². The van der Waals surface area contributed by atoms with Gasteiger partial charge in [0.25, 0.3) is 0 Å². The smallest absolute Gasteiger partial charge is 0.207 e. The third-order valence-corrected chi connectivity index (χ3v) is 5.74. The Morgan fingerprint density at radius 1 is 1.17 bits per heavy atom. The molecule has 2 aliphatic rings. The summed E-state index contributed by atoms with van der Waals surface area (Å²) >= 11 is 0. The summed E-state index contributed by atoms with van der Waals surface area (Å²) in [5, 5.41) is 0. The van der Waals surface area contributed by atoms with Gasteiger partial charge >= 0.3 is 0 Å². The van der Waals surface area contributed by atoms with Crippen molar-refractivity contribution in [2.45, 2.75) is 78.1 Å². The summed E-state index contributed by atoms with van der Waals surface area (Å²) in [5.74, 6) is -0.817. The quantitative estimate of drug-likeness (QED) is 0.610. The van der Waals surface area contributed by atoms with Crippen molar-refractivity contribution in [2.24, 2.45) is 23.2 Å². The predicted molar refractivity (Wildman–Crippen MR) is 71.8 cm³/mol. The second-order valence-electron chi connectivity index (χ2n) is 7.34. The molecule has 4 unspecified atom stereocenters. The maximum absolute atomic E-state index is 13.2. The van der Waals surface area contributed by atoms with Gasteiger partial charge in [0, 0.05) is 12.8 Å². The maximum atomic E-state index is 13.2. The molecule has 0 aliphatic heterocycles. The number of hydrogen-bond acceptors (Lipinski definition) is 0. The molecule has 2 aliphatic carbocycles. The molecular weight excluding hydrogens is 230 g/mol. The zero-order chi connectivity index (χ0) is 13.4. The lowest BCUT2D eigenvalue weighted by Crippen LogP contribution is -2.16. The van der Waals surface area contributed by atoms with Crippen LogP contribution in [-0.2, 0) is 0 Å². The molecule has 0 heterocycles. The van der Waals surface area contributed by atoms with Crippen molar-refractivity contribution in [2.75, 3.05) is 0 Å². The standard InChI is InChI=1S/C16H28F2/c1-4-15(3)7-5-13(10-15)9-12(2)14-6-8-16(17,18)11-14/h12-14H,4-11H2,1-3H3. The van der Waals surface area contributed by atoms with E-state index in [2.05, 4.69) is 20.8 Å². The lowest BCUT2D eigenvalue weighted by Gasteiger charge is -2.25. The zero-order valence-corrected chi connectivity index (χ0v) is 12.1. The molecule has 0 aromatic heterocycles. The van der Waals surface area contributed by atoms with E-state index in [4.69, 9.17) is 0 Å². The summed E-state index contributed by atoms with van der Waals surface area (Å²) in [6.07, 6.45) is 7.42. The van der Waals surface area contributed by atoms with Gasteiger partial charge in [0.2, 0.25) is 5.92 Å². The minimum atomic E-state index is -2.37. The van der Waals surface area contributed by atoms with Gasteiger partial charge in [0.05, 0.1) is 0 Å². The SMILES string of the molecule is CCC1(C)CCC(CC(C)C2CCC(F)(F)C2)C1. The molecule has 0 bridgehead atoms. The zero-order valence-electron chi connectivity index (χ0n) is 12.1. The second kappa shape index (κ2) is 5.09. The minimum absolute atomic E-state index is 0.124. The fraction of sp³-hybridized carbons (Fsp3) is 1.00. The third-order valence-electron chi connectivity index (χ3n) is 5.74. The number of alkyl halides is 2. The van der Waals surface area contributed by atoms with Gasteiger partial charge in [0.15, 0.2) is 0 Å². The van der Waals surface area contributed by atoms with Gasteiger partial charge in [-0.2, -0.15) is 0 Å². The van der Waals surface area contributed by atoms with Gasteiger partial charge in [-0.25, -0.2) is 8.78 Å². The lowest BCUT2D eigenvalue weighted by atomic mass is 9.81. The highest BCUT2D eigenvalue weighted by Gasteiger charge is 2.42. The van der Waals surface area contributed by atoms with Crippen molar-refractivity contribution in [3.05, 3.63) is 0 Å². The van der Waals surface area contributed by atoms with Crippen LogP contribution in [0.2, 0.25) is 0 Å². The molecule has 2 rings (SSSR count). The van der Waals surface area contributed by atoms with Gasteiger partial charge in [-0.05, 0) is 55.3 Å². The number of rotatable bonds is 4. The number of halogens is 2. The van der Waals surface area contributed by atoms with Crippen LogP contribution in [0, 0.1) is 23.2 Å². The van der Waals surface area contributed by atoms with E-state index in [-0.39, 0.29) is 18.8 Å². The molecule has 0 nitrogen and oxygen atoms in total. The highest BCUT2D eigenvalue weighted by molar-refractivity contribution is 4.89. The highest BCUT2D eigenvalue weighted by Crippen LogP contribution is 2.49. The van der Waals surface area contributed by atoms with Crippen LogP contribution in [0.3, 0.4) is 0 Å². The summed E-state index contributed by atoms with van der Waals surface area (Å²) in [6, 6.07) is 0. The molecule has 4 atom stereocenters. The van der Waals surface area contributed by atoms with Gasteiger partial charge < -0.3 is 0 Å². The summed E-state index contributed by atoms with van der Waals surface area (Å²) in [7, 11) is 0. The molecule has 0 aromatic carbocycles. The lowest BCUT2D eigenvalue weighted by molar-refractivity contribution is 0.00196. The van der Waals surface area contributed by atoms with Crippen LogP contribution in [0.25, 0.3) is 0 Å². The molecule has 2 saturated carbocycles. The molecule has 0 radical (unpaired) electrons. The van der Waals surface area contributed by atoms with E-state index in [0.29, 0.717) is 11.3 Å². The first kappa shape index (κ1) is 14.3. The average molecular weight is 258 g/mol. The van der Waals surface area contributed by atoms with Crippen molar-refractivity contribution in [3.8, 4) is 0 Å². The van der Waals surface area contributed by atoms with Crippen LogP contribution in [0.4, 0.5) is 8.78 Å². The summed E-state index contributed by atoms with van der Waals surface area (Å²) in [4.78, 5) is 0. The van der Waals surface area contributed by atoms with Gasteiger partial charge in [0.1, 0.15) is 0 Å². The molecule has 0 aromatic rings. The Balaban J connectivity index is 1.81. The van der Waals surface area contributed by atoms with E-state index in [1.54, 1.807) is 0 Å². The average Bonchev–Trinajstić information content (AvgIpc) is 2.83. The molecule has 18 heavy (non-hydrogen) atoms. The molecule has 2 heteroatoms. The molecule has 106 valence electrons.